The first-order chi connectivity index (χ1) is 5.76. The summed E-state index contributed by atoms with van der Waals surface area (Å²) in [4.78, 5) is 0. The van der Waals surface area contributed by atoms with Crippen molar-refractivity contribution < 1.29 is 0 Å². The second-order valence-electron chi connectivity index (χ2n) is 3.09. The molecule has 0 aliphatic heterocycles. The van der Waals surface area contributed by atoms with E-state index in [4.69, 9.17) is 0 Å². The van der Waals surface area contributed by atoms with Gasteiger partial charge >= 0.3 is 0 Å². The molecule has 0 unspecified atom stereocenters. The Hall–Kier alpha value is -1.00. The molecule has 0 aromatic heterocycles. The van der Waals surface area contributed by atoms with Gasteiger partial charge in [0.15, 0.2) is 0 Å². The minimum atomic E-state index is 1.07. The van der Waals surface area contributed by atoms with Crippen LogP contribution in [0.3, 0.4) is 0 Å². The summed E-state index contributed by atoms with van der Waals surface area (Å²) in [6.07, 6.45) is 8.75. The molecule has 1 aliphatic carbocycles. The molecule has 0 fully saturated rings. The highest BCUT2D eigenvalue weighted by atomic mass is 14.0. The molecule has 1 rings (SSSR count). The predicted octanol–water partition coefficient (Wildman–Crippen LogP) is 3.77. The van der Waals surface area contributed by atoms with Crippen molar-refractivity contribution in [1.82, 2.24) is 0 Å². The van der Waals surface area contributed by atoms with Gasteiger partial charge in [-0.05, 0) is 42.6 Å². The van der Waals surface area contributed by atoms with Gasteiger partial charge in [0, 0.05) is 0 Å². The van der Waals surface area contributed by atoms with Crippen LogP contribution in [0.5, 0.6) is 0 Å². The molecule has 1 aliphatic rings. The minimum Gasteiger partial charge on any atom is -0.114 e. The molecule has 0 spiro atoms. The van der Waals surface area contributed by atoms with Crippen molar-refractivity contribution in [3.05, 3.63) is 40.7 Å². The Morgan fingerprint density at radius 1 is 1.17 bits per heavy atom. The van der Waals surface area contributed by atoms with Crippen molar-refractivity contribution in [2.24, 2.45) is 0 Å². The topological polar surface area (TPSA) is 0 Å². The summed E-state index contributed by atoms with van der Waals surface area (Å²) >= 11 is 0. The van der Waals surface area contributed by atoms with Gasteiger partial charge in [-0.2, -0.15) is 0 Å². The summed E-state index contributed by atoms with van der Waals surface area (Å²) in [6.45, 7) is 6.45. The molecule has 64 valence electrons. The first-order valence-electron chi connectivity index (χ1n) is 4.61. The lowest BCUT2D eigenvalue weighted by Crippen LogP contribution is -1.73. The normalized spacial score (nSPS) is 16.4. The monoisotopic (exact) mass is 160 g/mol. The molecule has 0 saturated carbocycles. The third kappa shape index (κ3) is 2.25. The van der Waals surface area contributed by atoms with E-state index in [1.54, 1.807) is 0 Å². The summed E-state index contributed by atoms with van der Waals surface area (Å²) in [6, 6.07) is 0. The smallest absolute Gasteiger partial charge is 0.00602 e. The molecule has 0 aromatic carbocycles. The van der Waals surface area contributed by atoms with Gasteiger partial charge in [0.25, 0.3) is 0 Å². The van der Waals surface area contributed by atoms with E-state index >= 15 is 0 Å². The molecule has 0 N–H and O–H groups in total. The van der Waals surface area contributed by atoms with Gasteiger partial charge in [-0.1, -0.05) is 26.0 Å². The van der Waals surface area contributed by atoms with Gasteiger partial charge in [0.05, 0.1) is 0 Å². The second-order valence-corrected chi connectivity index (χ2v) is 3.09. The van der Waals surface area contributed by atoms with Crippen molar-refractivity contribution in [3.63, 3.8) is 0 Å². The lowest BCUT2D eigenvalue weighted by atomic mass is 10.1. The highest BCUT2D eigenvalue weighted by molar-refractivity contribution is 5.37. The number of allylic oxidation sites excluding steroid dienone is 5. The van der Waals surface area contributed by atoms with E-state index in [1.807, 2.05) is 0 Å². The van der Waals surface area contributed by atoms with Crippen LogP contribution in [-0.2, 0) is 0 Å². The fourth-order valence-electron chi connectivity index (χ4n) is 1.29. The molecule has 0 radical (unpaired) electrons. The summed E-state index contributed by atoms with van der Waals surface area (Å²) in [5, 5.41) is 0. The molecule has 0 saturated heterocycles. The Kier molecular flexibility index (Phi) is 3.13. The van der Waals surface area contributed by atoms with E-state index in [9.17, 15) is 0 Å². The van der Waals surface area contributed by atoms with E-state index < -0.39 is 0 Å². The highest BCUT2D eigenvalue weighted by Crippen LogP contribution is 2.14. The average molecular weight is 160 g/mol. The zero-order valence-electron chi connectivity index (χ0n) is 8.15. The molecule has 12 heavy (non-hydrogen) atoms. The maximum Gasteiger partial charge on any atom is -0.00602 e. The fourth-order valence-corrected chi connectivity index (χ4v) is 1.29. The van der Waals surface area contributed by atoms with Crippen molar-refractivity contribution in [1.29, 1.82) is 0 Å². The van der Waals surface area contributed by atoms with Crippen molar-refractivity contribution in [3.8, 4) is 0 Å². The van der Waals surface area contributed by atoms with Gasteiger partial charge < -0.3 is 0 Å². The molecule has 0 heteroatoms. The van der Waals surface area contributed by atoms with Crippen LogP contribution >= 0.6 is 0 Å². The van der Waals surface area contributed by atoms with Gasteiger partial charge in [0.2, 0.25) is 0 Å². The van der Waals surface area contributed by atoms with Crippen molar-refractivity contribution in [2.45, 2.75) is 33.6 Å². The fraction of sp³-hybridized carbons (Fsp3) is 0.417. The third-order valence-corrected chi connectivity index (χ3v) is 2.05. The Labute approximate surface area is 75.0 Å². The number of rotatable bonds is 2. The van der Waals surface area contributed by atoms with Crippen LogP contribution in [0.1, 0.15) is 33.6 Å². The van der Waals surface area contributed by atoms with Crippen LogP contribution in [0.25, 0.3) is 0 Å². The highest BCUT2D eigenvalue weighted by Gasteiger charge is 1.95. The van der Waals surface area contributed by atoms with Crippen LogP contribution < -0.4 is 0 Å². The Balaban J connectivity index is 2.99. The third-order valence-electron chi connectivity index (χ3n) is 2.05. The van der Waals surface area contributed by atoms with Gasteiger partial charge in [0.1, 0.15) is 0 Å². The lowest BCUT2D eigenvalue weighted by Gasteiger charge is -1.93. The van der Waals surface area contributed by atoms with Crippen LogP contribution in [-0.4, -0.2) is 0 Å². The molecule has 0 amide bonds. The number of hydrogen-bond acceptors (Lipinski definition) is 0. The molecule has 0 nitrogen and oxygen atoms in total. The van der Waals surface area contributed by atoms with Gasteiger partial charge in [-0.25, -0.2) is 0 Å². The molecule has 0 aromatic rings. The summed E-state index contributed by atoms with van der Waals surface area (Å²) in [5.74, 6) is 0. The van der Waals surface area contributed by atoms with Crippen molar-refractivity contribution in [2.75, 3.05) is 0 Å². The first kappa shape index (κ1) is 9.09. The zero-order chi connectivity index (χ0) is 8.97. The molecule has 0 heterocycles. The minimum absolute atomic E-state index is 1.07. The van der Waals surface area contributed by atoms with Gasteiger partial charge in [-0.3, -0.25) is 0 Å². The van der Waals surface area contributed by atoms with E-state index in [1.165, 1.54) is 16.7 Å². The summed E-state index contributed by atoms with van der Waals surface area (Å²) in [5.41, 5.74) is 7.30. The van der Waals surface area contributed by atoms with Crippen LogP contribution in [0.15, 0.2) is 40.7 Å². The second kappa shape index (κ2) is 4.13. The van der Waals surface area contributed by atoms with Crippen molar-refractivity contribution >= 4 is 0 Å². The zero-order valence-corrected chi connectivity index (χ0v) is 8.15. The molecular formula is C12H16. The largest absolute Gasteiger partial charge is 0.114 e. The Morgan fingerprint density at radius 2 is 1.92 bits per heavy atom. The van der Waals surface area contributed by atoms with Gasteiger partial charge in [-0.15, -0.1) is 5.73 Å². The van der Waals surface area contributed by atoms with E-state index in [2.05, 4.69) is 44.7 Å². The summed E-state index contributed by atoms with van der Waals surface area (Å²) in [7, 11) is 0. The maximum absolute atomic E-state index is 3.36. The average Bonchev–Trinajstić information content (AvgIpc) is 2.26. The molecule has 0 atom stereocenters. The van der Waals surface area contributed by atoms with Crippen LogP contribution in [0.2, 0.25) is 0 Å². The van der Waals surface area contributed by atoms with Crippen LogP contribution in [0, 0.1) is 0 Å². The lowest BCUT2D eigenvalue weighted by molar-refractivity contribution is 1.13. The quantitative estimate of drug-likeness (QED) is 0.539. The maximum atomic E-state index is 3.36. The SMILES string of the molecule is CCC1=C=C(C)C=C(CC)C=C1. The first-order valence-corrected chi connectivity index (χ1v) is 4.61. The molecular weight excluding hydrogens is 144 g/mol. The Morgan fingerprint density at radius 3 is 2.50 bits per heavy atom. The van der Waals surface area contributed by atoms with Crippen LogP contribution in [0.4, 0.5) is 0 Å². The Bertz CT molecular complexity index is 281. The van der Waals surface area contributed by atoms with E-state index in [0.29, 0.717) is 0 Å². The summed E-state index contributed by atoms with van der Waals surface area (Å²) < 4.78 is 0. The predicted molar refractivity (Wildman–Crippen MR) is 54.0 cm³/mol. The standard InChI is InChI=1S/C12H16/c1-4-11-6-7-12(5-2)9-10(3)8-11/h6-8H,4-5H2,1-3H3. The number of hydrogen-bond donors (Lipinski definition) is 0. The van der Waals surface area contributed by atoms with E-state index in [-0.39, 0.29) is 0 Å². The van der Waals surface area contributed by atoms with E-state index in [0.717, 1.165) is 12.8 Å². The molecule has 0 bridgehead atoms.